The third kappa shape index (κ3) is 3.44. The summed E-state index contributed by atoms with van der Waals surface area (Å²) in [5.74, 6) is -4.81. The van der Waals surface area contributed by atoms with Crippen LogP contribution in [0.3, 0.4) is 0 Å². The van der Waals surface area contributed by atoms with Crippen LogP contribution in [0.4, 0.5) is 22.0 Å². The van der Waals surface area contributed by atoms with Crippen molar-refractivity contribution in [3.63, 3.8) is 0 Å². The Bertz CT molecular complexity index is 873. The predicted octanol–water partition coefficient (Wildman–Crippen LogP) is 6.95. The summed E-state index contributed by atoms with van der Waals surface area (Å²) in [5.41, 5.74) is 1.07. The lowest BCUT2D eigenvalue weighted by Crippen LogP contribution is -2.19. The fraction of sp³-hybridized carbons (Fsp3) is 0.478. The number of rotatable bonds is 2. The van der Waals surface area contributed by atoms with Gasteiger partial charge in [0.1, 0.15) is 11.6 Å². The van der Waals surface area contributed by atoms with E-state index < -0.39 is 35.0 Å². The summed E-state index contributed by atoms with van der Waals surface area (Å²) in [6.45, 7) is 2.19. The molecule has 2 aliphatic rings. The molecule has 0 amide bonds. The van der Waals surface area contributed by atoms with Gasteiger partial charge in [-0.15, -0.1) is 0 Å². The van der Waals surface area contributed by atoms with Crippen molar-refractivity contribution in [3.05, 3.63) is 69.5 Å². The molecule has 1 atom stereocenters. The van der Waals surface area contributed by atoms with Gasteiger partial charge < -0.3 is 0 Å². The van der Waals surface area contributed by atoms with Crippen LogP contribution in [-0.4, -0.2) is 0 Å². The number of hydrogen-bond donors (Lipinski definition) is 0. The van der Waals surface area contributed by atoms with Gasteiger partial charge in [0.2, 0.25) is 0 Å². The molecular weight excluding hydrogens is 371 g/mol. The minimum atomic E-state index is -1.49. The van der Waals surface area contributed by atoms with E-state index in [4.69, 9.17) is 0 Å². The lowest BCUT2D eigenvalue weighted by Gasteiger charge is -2.29. The Balaban J connectivity index is 1.62. The van der Waals surface area contributed by atoms with Crippen molar-refractivity contribution in [1.82, 2.24) is 0 Å². The Morgan fingerprint density at radius 3 is 2.00 bits per heavy atom. The smallest absolute Gasteiger partial charge is 0.194 e. The molecule has 0 radical (unpaired) electrons. The van der Waals surface area contributed by atoms with E-state index in [-0.39, 0.29) is 35.4 Å². The second kappa shape index (κ2) is 7.49. The summed E-state index contributed by atoms with van der Waals surface area (Å²) in [5, 5.41) is 0. The first-order valence-corrected chi connectivity index (χ1v) is 9.99. The molecule has 0 nitrogen and oxygen atoms in total. The van der Waals surface area contributed by atoms with Crippen molar-refractivity contribution >= 4 is 0 Å². The Kier molecular flexibility index (Phi) is 5.19. The van der Waals surface area contributed by atoms with Crippen LogP contribution in [0.25, 0.3) is 0 Å². The number of hydrogen-bond acceptors (Lipinski definition) is 0. The highest BCUT2D eigenvalue weighted by Crippen LogP contribution is 2.40. The van der Waals surface area contributed by atoms with E-state index in [0.717, 1.165) is 31.7 Å². The van der Waals surface area contributed by atoms with Gasteiger partial charge in [-0.1, -0.05) is 19.8 Å². The van der Waals surface area contributed by atoms with Gasteiger partial charge in [0, 0.05) is 5.56 Å². The second-order valence-electron chi connectivity index (χ2n) is 8.42. The zero-order valence-corrected chi connectivity index (χ0v) is 15.8. The normalized spacial score (nSPS) is 24.9. The van der Waals surface area contributed by atoms with E-state index in [1.54, 1.807) is 0 Å². The van der Waals surface area contributed by atoms with Crippen LogP contribution in [0.15, 0.2) is 18.2 Å². The third-order valence-corrected chi connectivity index (χ3v) is 6.56. The largest absolute Gasteiger partial charge is 0.207 e. The number of halogens is 5. The molecule has 0 saturated heterocycles. The van der Waals surface area contributed by atoms with Crippen LogP contribution in [0.1, 0.15) is 73.1 Å². The van der Waals surface area contributed by atoms with Crippen molar-refractivity contribution < 1.29 is 22.0 Å². The maximum absolute atomic E-state index is 14.9. The average Bonchev–Trinajstić information content (AvgIpc) is 2.66. The van der Waals surface area contributed by atoms with E-state index in [0.29, 0.717) is 17.9 Å². The van der Waals surface area contributed by atoms with Crippen molar-refractivity contribution in [1.29, 1.82) is 0 Å². The fourth-order valence-electron chi connectivity index (χ4n) is 4.89. The van der Waals surface area contributed by atoms with Gasteiger partial charge in [0.15, 0.2) is 17.5 Å². The number of benzene rings is 2. The van der Waals surface area contributed by atoms with Crippen LogP contribution >= 0.6 is 0 Å². The molecule has 0 spiro atoms. The lowest BCUT2D eigenvalue weighted by atomic mass is 9.77. The molecule has 0 N–H and O–H groups in total. The van der Waals surface area contributed by atoms with Crippen LogP contribution in [0, 0.1) is 35.0 Å². The van der Waals surface area contributed by atoms with Crippen molar-refractivity contribution in [2.45, 2.75) is 63.7 Å². The minimum Gasteiger partial charge on any atom is -0.207 e. The van der Waals surface area contributed by atoms with E-state index in [2.05, 4.69) is 6.92 Å². The molecule has 2 aromatic carbocycles. The van der Waals surface area contributed by atoms with E-state index >= 15 is 0 Å². The first-order chi connectivity index (χ1) is 13.3. The van der Waals surface area contributed by atoms with Crippen molar-refractivity contribution in [2.75, 3.05) is 0 Å². The van der Waals surface area contributed by atoms with Gasteiger partial charge in [0.05, 0.1) is 0 Å². The maximum atomic E-state index is 14.9. The topological polar surface area (TPSA) is 0 Å². The SMILES string of the molecule is CC1CCC(c2cc(F)c(C3CCc4c(cc(F)c(F)c4F)C3)c(F)c2)CC1. The van der Waals surface area contributed by atoms with Gasteiger partial charge in [-0.25, -0.2) is 22.0 Å². The lowest BCUT2D eigenvalue weighted by molar-refractivity contribution is 0.346. The molecule has 28 heavy (non-hydrogen) atoms. The molecule has 2 aromatic rings. The predicted molar refractivity (Wildman–Crippen MR) is 97.8 cm³/mol. The molecule has 1 saturated carbocycles. The van der Waals surface area contributed by atoms with E-state index in [9.17, 15) is 22.0 Å². The Morgan fingerprint density at radius 2 is 1.36 bits per heavy atom. The van der Waals surface area contributed by atoms with Crippen LogP contribution < -0.4 is 0 Å². The number of fused-ring (bicyclic) bond motifs is 1. The molecule has 0 aliphatic heterocycles. The highest BCUT2D eigenvalue weighted by atomic mass is 19.2. The molecule has 5 heteroatoms. The monoisotopic (exact) mass is 394 g/mol. The molecule has 0 heterocycles. The summed E-state index contributed by atoms with van der Waals surface area (Å²) in [6.07, 6.45) is 4.50. The highest BCUT2D eigenvalue weighted by Gasteiger charge is 2.30. The van der Waals surface area contributed by atoms with Crippen LogP contribution in [0.2, 0.25) is 0 Å². The molecular formula is C23H23F5. The fourth-order valence-corrected chi connectivity index (χ4v) is 4.89. The molecule has 0 bridgehead atoms. The zero-order valence-electron chi connectivity index (χ0n) is 15.8. The Hall–Kier alpha value is -1.91. The Labute approximate surface area is 161 Å². The van der Waals surface area contributed by atoms with Crippen LogP contribution in [0.5, 0.6) is 0 Å². The third-order valence-electron chi connectivity index (χ3n) is 6.56. The standard InChI is InChI=1S/C23H23F5/c1-12-2-4-13(5-3-12)15-9-18(24)21(19(25)10-15)14-6-7-17-16(8-14)11-20(26)23(28)22(17)27/h9-14H,2-8H2,1H3. The summed E-state index contributed by atoms with van der Waals surface area (Å²) < 4.78 is 70.7. The summed E-state index contributed by atoms with van der Waals surface area (Å²) in [6, 6.07) is 3.81. The van der Waals surface area contributed by atoms with Gasteiger partial charge in [-0.3, -0.25) is 0 Å². The quantitative estimate of drug-likeness (QED) is 0.382. The molecule has 150 valence electrons. The molecule has 0 aromatic heterocycles. The van der Waals surface area contributed by atoms with E-state index in [1.807, 2.05) is 0 Å². The van der Waals surface area contributed by atoms with Gasteiger partial charge in [0.25, 0.3) is 0 Å². The molecule has 2 aliphatic carbocycles. The zero-order chi connectivity index (χ0) is 20.0. The first-order valence-electron chi connectivity index (χ1n) is 9.99. The van der Waals surface area contributed by atoms with Gasteiger partial charge >= 0.3 is 0 Å². The highest BCUT2D eigenvalue weighted by molar-refractivity contribution is 5.38. The van der Waals surface area contributed by atoms with Crippen LogP contribution in [-0.2, 0) is 12.8 Å². The second-order valence-corrected chi connectivity index (χ2v) is 8.42. The minimum absolute atomic E-state index is 0.0243. The first kappa shape index (κ1) is 19.4. The summed E-state index contributed by atoms with van der Waals surface area (Å²) in [4.78, 5) is 0. The van der Waals surface area contributed by atoms with Gasteiger partial charge in [-0.2, -0.15) is 0 Å². The van der Waals surface area contributed by atoms with Crippen molar-refractivity contribution in [3.8, 4) is 0 Å². The Morgan fingerprint density at radius 1 is 0.714 bits per heavy atom. The van der Waals surface area contributed by atoms with E-state index in [1.165, 1.54) is 12.1 Å². The molecule has 1 unspecified atom stereocenters. The summed E-state index contributed by atoms with van der Waals surface area (Å²) in [7, 11) is 0. The maximum Gasteiger partial charge on any atom is 0.194 e. The molecule has 1 fully saturated rings. The average molecular weight is 394 g/mol. The molecule has 4 rings (SSSR count). The van der Waals surface area contributed by atoms with Crippen molar-refractivity contribution in [2.24, 2.45) is 5.92 Å². The van der Waals surface area contributed by atoms with Gasteiger partial charge in [-0.05, 0) is 84.7 Å². The summed E-state index contributed by atoms with van der Waals surface area (Å²) >= 11 is 0.